The summed E-state index contributed by atoms with van der Waals surface area (Å²) in [5, 5.41) is 0. The quantitative estimate of drug-likeness (QED) is 0.592. The van der Waals surface area contributed by atoms with Crippen molar-refractivity contribution in [3.8, 4) is 0 Å². The number of nitrogens with zero attached hydrogens (tertiary/aromatic N) is 1. The molecule has 0 aliphatic carbocycles. The molecule has 0 spiro atoms. The molecule has 0 aromatic heterocycles. The van der Waals surface area contributed by atoms with Crippen LogP contribution in [0.25, 0.3) is 0 Å². The normalized spacial score (nSPS) is 17.6. The zero-order valence-corrected chi connectivity index (χ0v) is 11.9. The van der Waals surface area contributed by atoms with Crippen molar-refractivity contribution in [3.63, 3.8) is 0 Å². The van der Waals surface area contributed by atoms with Crippen LogP contribution in [0.15, 0.2) is 48.5 Å². The number of anilines is 1. The highest BCUT2D eigenvalue weighted by Gasteiger charge is 2.26. The van der Waals surface area contributed by atoms with E-state index in [-0.39, 0.29) is 5.50 Å². The van der Waals surface area contributed by atoms with Crippen LogP contribution in [0.5, 0.6) is 0 Å². The summed E-state index contributed by atoms with van der Waals surface area (Å²) in [6, 6.07) is 17.3. The second-order valence-electron chi connectivity index (χ2n) is 5.07. The summed E-state index contributed by atoms with van der Waals surface area (Å²) >= 11 is 6.48. The summed E-state index contributed by atoms with van der Waals surface area (Å²) in [5.74, 6) is 0. The second-order valence-corrected chi connectivity index (χ2v) is 5.57. The third-order valence-electron chi connectivity index (χ3n) is 3.81. The average Bonchev–Trinajstić information content (AvgIpc) is 2.76. The second kappa shape index (κ2) is 5.26. The Morgan fingerprint density at radius 1 is 1.05 bits per heavy atom. The van der Waals surface area contributed by atoms with Gasteiger partial charge in [-0.25, -0.2) is 0 Å². The molecule has 2 heteroatoms. The lowest BCUT2D eigenvalue weighted by molar-refractivity contribution is 0.782. The molecule has 3 rings (SSSR count). The Kier molecular flexibility index (Phi) is 3.48. The van der Waals surface area contributed by atoms with E-state index >= 15 is 0 Å². The lowest BCUT2D eigenvalue weighted by Crippen LogP contribution is -2.26. The van der Waals surface area contributed by atoms with Crippen molar-refractivity contribution in [2.75, 3.05) is 4.90 Å². The molecule has 2 aromatic carbocycles. The molecule has 0 saturated carbocycles. The molecule has 98 valence electrons. The molecule has 0 amide bonds. The van der Waals surface area contributed by atoms with Crippen LogP contribution in [0.2, 0.25) is 0 Å². The van der Waals surface area contributed by atoms with E-state index in [1.165, 1.54) is 22.4 Å². The zero-order valence-electron chi connectivity index (χ0n) is 11.1. The summed E-state index contributed by atoms with van der Waals surface area (Å²) in [6.07, 6.45) is 2.02. The third kappa shape index (κ3) is 2.48. The van der Waals surface area contributed by atoms with E-state index in [1.807, 2.05) is 0 Å². The van der Waals surface area contributed by atoms with Crippen molar-refractivity contribution >= 4 is 17.3 Å². The minimum Gasteiger partial charge on any atom is -0.350 e. The summed E-state index contributed by atoms with van der Waals surface area (Å²) in [6.45, 7) is 3.07. The smallest absolute Gasteiger partial charge is 0.108 e. The van der Waals surface area contributed by atoms with Crippen LogP contribution in [0.1, 0.15) is 23.6 Å². The maximum Gasteiger partial charge on any atom is 0.108 e. The lowest BCUT2D eigenvalue weighted by atomic mass is 10.1. The first-order valence-corrected chi connectivity index (χ1v) is 7.28. The molecule has 19 heavy (non-hydrogen) atoms. The van der Waals surface area contributed by atoms with E-state index in [0.717, 1.165) is 19.4 Å². The molecule has 1 nitrogen and oxygen atoms in total. The molecule has 1 atom stereocenters. The maximum atomic E-state index is 6.48. The zero-order chi connectivity index (χ0) is 13.2. The van der Waals surface area contributed by atoms with Gasteiger partial charge in [0.25, 0.3) is 0 Å². The Morgan fingerprint density at radius 2 is 1.74 bits per heavy atom. The van der Waals surface area contributed by atoms with Crippen molar-refractivity contribution in [3.05, 3.63) is 65.2 Å². The van der Waals surface area contributed by atoms with Gasteiger partial charge in [0.1, 0.15) is 5.50 Å². The number of rotatable bonds is 3. The summed E-state index contributed by atoms with van der Waals surface area (Å²) in [5.41, 5.74) is 5.41. The van der Waals surface area contributed by atoms with Crippen molar-refractivity contribution < 1.29 is 0 Å². The van der Waals surface area contributed by atoms with Crippen LogP contribution in [0.3, 0.4) is 0 Å². The number of hydrogen-bond donors (Lipinski definition) is 0. The summed E-state index contributed by atoms with van der Waals surface area (Å²) in [4.78, 5) is 2.29. The van der Waals surface area contributed by atoms with E-state index in [0.29, 0.717) is 0 Å². The minimum absolute atomic E-state index is 0.0725. The van der Waals surface area contributed by atoms with Crippen LogP contribution in [0, 0.1) is 0 Å². The predicted octanol–water partition coefficient (Wildman–Crippen LogP) is 4.38. The highest BCUT2D eigenvalue weighted by molar-refractivity contribution is 6.22. The molecule has 1 unspecified atom stereocenters. The van der Waals surface area contributed by atoms with Gasteiger partial charge in [-0.1, -0.05) is 61.0 Å². The molecular formula is C17H18ClN. The van der Waals surface area contributed by atoms with Crippen LogP contribution in [0.4, 0.5) is 5.69 Å². The Bertz CT molecular complexity index is 562. The molecule has 0 saturated heterocycles. The number of para-hydroxylation sites is 1. The van der Waals surface area contributed by atoms with E-state index in [1.54, 1.807) is 0 Å². The fraction of sp³-hybridized carbons (Fsp3) is 0.294. The van der Waals surface area contributed by atoms with Crippen molar-refractivity contribution in [1.82, 2.24) is 0 Å². The van der Waals surface area contributed by atoms with Crippen LogP contribution in [-0.2, 0) is 19.4 Å². The molecule has 1 aliphatic rings. The monoisotopic (exact) mass is 271 g/mol. The fourth-order valence-electron chi connectivity index (χ4n) is 2.67. The molecule has 0 bridgehead atoms. The fourth-order valence-corrected chi connectivity index (χ4v) is 3.01. The number of benzene rings is 2. The molecule has 0 radical (unpaired) electrons. The number of halogens is 1. The van der Waals surface area contributed by atoms with E-state index in [2.05, 4.69) is 60.4 Å². The van der Waals surface area contributed by atoms with Gasteiger partial charge in [-0.15, -0.1) is 0 Å². The molecular weight excluding hydrogens is 254 g/mol. The predicted molar refractivity (Wildman–Crippen MR) is 81.8 cm³/mol. The van der Waals surface area contributed by atoms with Gasteiger partial charge in [-0.05, 0) is 29.2 Å². The third-order valence-corrected chi connectivity index (χ3v) is 4.20. The highest BCUT2D eigenvalue weighted by atomic mass is 35.5. The number of aryl methyl sites for hydroxylation is 1. The SMILES string of the molecule is CCc1ccc(CN2c3ccccc3CC2Cl)cc1. The highest BCUT2D eigenvalue weighted by Crippen LogP contribution is 2.34. The number of hydrogen-bond acceptors (Lipinski definition) is 1. The van der Waals surface area contributed by atoms with Gasteiger partial charge in [0.2, 0.25) is 0 Å². The van der Waals surface area contributed by atoms with Gasteiger partial charge in [0.15, 0.2) is 0 Å². The van der Waals surface area contributed by atoms with Gasteiger partial charge in [0.05, 0.1) is 0 Å². The van der Waals surface area contributed by atoms with Crippen LogP contribution in [-0.4, -0.2) is 5.50 Å². The molecule has 0 fully saturated rings. The summed E-state index contributed by atoms with van der Waals surface area (Å²) in [7, 11) is 0. The van der Waals surface area contributed by atoms with Crippen molar-refractivity contribution in [2.45, 2.75) is 31.8 Å². The van der Waals surface area contributed by atoms with E-state index in [4.69, 9.17) is 11.6 Å². The van der Waals surface area contributed by atoms with Crippen molar-refractivity contribution in [1.29, 1.82) is 0 Å². The largest absolute Gasteiger partial charge is 0.350 e. The standard InChI is InChI=1S/C17H18ClN/c1-2-13-7-9-14(10-8-13)12-19-16-6-4-3-5-15(16)11-17(19)18/h3-10,17H,2,11-12H2,1H3. The molecule has 1 aliphatic heterocycles. The first-order valence-electron chi connectivity index (χ1n) is 6.84. The number of alkyl halides is 1. The van der Waals surface area contributed by atoms with Crippen molar-refractivity contribution in [2.24, 2.45) is 0 Å². The van der Waals surface area contributed by atoms with Gasteiger partial charge in [-0.2, -0.15) is 0 Å². The van der Waals surface area contributed by atoms with Gasteiger partial charge >= 0.3 is 0 Å². The van der Waals surface area contributed by atoms with Crippen LogP contribution >= 0.6 is 11.6 Å². The Hall–Kier alpha value is -1.47. The molecule has 0 N–H and O–H groups in total. The lowest BCUT2D eigenvalue weighted by Gasteiger charge is -2.23. The van der Waals surface area contributed by atoms with Gasteiger partial charge in [-0.3, -0.25) is 0 Å². The van der Waals surface area contributed by atoms with E-state index < -0.39 is 0 Å². The maximum absolute atomic E-state index is 6.48. The average molecular weight is 272 g/mol. The van der Waals surface area contributed by atoms with Gasteiger partial charge < -0.3 is 4.90 Å². The summed E-state index contributed by atoms with van der Waals surface area (Å²) < 4.78 is 0. The minimum atomic E-state index is 0.0725. The van der Waals surface area contributed by atoms with E-state index in [9.17, 15) is 0 Å². The Labute approximate surface area is 119 Å². The Balaban J connectivity index is 1.82. The molecule has 2 aromatic rings. The topological polar surface area (TPSA) is 3.24 Å². The Morgan fingerprint density at radius 3 is 2.47 bits per heavy atom. The van der Waals surface area contributed by atoms with Gasteiger partial charge in [0, 0.05) is 18.7 Å². The van der Waals surface area contributed by atoms with Crippen LogP contribution < -0.4 is 4.90 Å². The first kappa shape index (κ1) is 12.6. The number of fused-ring (bicyclic) bond motifs is 1. The molecule has 1 heterocycles. The first-order chi connectivity index (χ1) is 9.28.